The standard InChI is InChI=1S/C12H8BrF3O3/c13-9-2-1-5(3-8(9)12(14,15)16)10(17)6-4-7(6)11(18)19/h1-3,6-7H,4H2,(H,18,19)/t6-,7+/m1/s1. The second-order valence-electron chi connectivity index (χ2n) is 4.34. The second kappa shape index (κ2) is 4.63. The van der Waals surface area contributed by atoms with E-state index in [9.17, 15) is 22.8 Å². The molecule has 102 valence electrons. The molecular formula is C12H8BrF3O3. The third-order valence-electron chi connectivity index (χ3n) is 3.00. The van der Waals surface area contributed by atoms with Gasteiger partial charge in [0, 0.05) is 16.0 Å². The van der Waals surface area contributed by atoms with Gasteiger partial charge in [0.05, 0.1) is 11.5 Å². The molecule has 0 amide bonds. The minimum atomic E-state index is -4.56. The van der Waals surface area contributed by atoms with Crippen molar-refractivity contribution in [2.75, 3.05) is 0 Å². The summed E-state index contributed by atoms with van der Waals surface area (Å²) in [6.45, 7) is 0. The fraction of sp³-hybridized carbons (Fsp3) is 0.333. The molecular weight excluding hydrogens is 329 g/mol. The topological polar surface area (TPSA) is 54.4 Å². The third kappa shape index (κ3) is 2.80. The van der Waals surface area contributed by atoms with E-state index in [4.69, 9.17) is 5.11 Å². The summed E-state index contributed by atoms with van der Waals surface area (Å²) in [5, 5.41) is 8.71. The minimum absolute atomic E-state index is 0.107. The van der Waals surface area contributed by atoms with Gasteiger partial charge in [-0.05, 0) is 18.6 Å². The quantitative estimate of drug-likeness (QED) is 0.861. The zero-order valence-corrected chi connectivity index (χ0v) is 11.0. The van der Waals surface area contributed by atoms with Crippen molar-refractivity contribution in [3.63, 3.8) is 0 Å². The van der Waals surface area contributed by atoms with E-state index in [1.165, 1.54) is 6.07 Å². The maximum absolute atomic E-state index is 12.7. The molecule has 0 saturated heterocycles. The van der Waals surface area contributed by atoms with Crippen LogP contribution >= 0.6 is 15.9 Å². The Morgan fingerprint density at radius 2 is 1.89 bits per heavy atom. The Balaban J connectivity index is 2.28. The SMILES string of the molecule is O=C(O)[C@H]1C[C@H]1C(=O)c1ccc(Br)c(C(F)(F)F)c1. The molecule has 0 aliphatic heterocycles. The Labute approximate surface area is 114 Å². The Hall–Kier alpha value is -1.37. The summed E-state index contributed by atoms with van der Waals surface area (Å²) in [5.41, 5.74) is -1.05. The van der Waals surface area contributed by atoms with Crippen molar-refractivity contribution in [3.8, 4) is 0 Å². The van der Waals surface area contributed by atoms with Crippen molar-refractivity contribution in [1.29, 1.82) is 0 Å². The Kier molecular flexibility index (Phi) is 3.42. The molecule has 1 saturated carbocycles. The number of halogens is 4. The van der Waals surface area contributed by atoms with E-state index < -0.39 is 35.3 Å². The summed E-state index contributed by atoms with van der Waals surface area (Å²) < 4.78 is 37.9. The minimum Gasteiger partial charge on any atom is -0.481 e. The number of hydrogen-bond donors (Lipinski definition) is 1. The number of alkyl halides is 3. The van der Waals surface area contributed by atoms with E-state index in [-0.39, 0.29) is 16.5 Å². The van der Waals surface area contributed by atoms with Crippen molar-refractivity contribution < 1.29 is 27.9 Å². The van der Waals surface area contributed by atoms with E-state index in [2.05, 4.69) is 15.9 Å². The van der Waals surface area contributed by atoms with Gasteiger partial charge < -0.3 is 5.11 Å². The maximum atomic E-state index is 12.7. The summed E-state index contributed by atoms with van der Waals surface area (Å²) in [5.74, 6) is -3.12. The van der Waals surface area contributed by atoms with Crippen LogP contribution in [0.5, 0.6) is 0 Å². The smallest absolute Gasteiger partial charge is 0.417 e. The van der Waals surface area contributed by atoms with Crippen molar-refractivity contribution in [1.82, 2.24) is 0 Å². The van der Waals surface area contributed by atoms with Crippen LogP contribution in [-0.2, 0) is 11.0 Å². The molecule has 0 aromatic heterocycles. The van der Waals surface area contributed by atoms with Crippen molar-refractivity contribution >= 4 is 27.7 Å². The average Bonchev–Trinajstić information content (AvgIpc) is 3.07. The molecule has 0 unspecified atom stereocenters. The van der Waals surface area contributed by atoms with Crippen molar-refractivity contribution in [2.24, 2.45) is 11.8 Å². The van der Waals surface area contributed by atoms with Crippen LogP contribution in [0.2, 0.25) is 0 Å². The Bertz CT molecular complexity index is 554. The normalized spacial score (nSPS) is 22.1. The molecule has 1 aliphatic rings. The largest absolute Gasteiger partial charge is 0.481 e. The predicted molar refractivity (Wildman–Crippen MR) is 62.7 cm³/mol. The van der Waals surface area contributed by atoms with Gasteiger partial charge in [-0.2, -0.15) is 13.2 Å². The molecule has 0 heterocycles. The molecule has 7 heteroatoms. The van der Waals surface area contributed by atoms with Crippen LogP contribution in [0.3, 0.4) is 0 Å². The highest BCUT2D eigenvalue weighted by Gasteiger charge is 2.48. The van der Waals surface area contributed by atoms with E-state index in [1.807, 2.05) is 0 Å². The zero-order valence-electron chi connectivity index (χ0n) is 9.37. The number of benzene rings is 1. The van der Waals surface area contributed by atoms with Gasteiger partial charge >= 0.3 is 12.1 Å². The average molecular weight is 337 g/mol. The van der Waals surface area contributed by atoms with Crippen LogP contribution in [0, 0.1) is 11.8 Å². The second-order valence-corrected chi connectivity index (χ2v) is 5.20. The highest BCUT2D eigenvalue weighted by Crippen LogP contribution is 2.42. The lowest BCUT2D eigenvalue weighted by Crippen LogP contribution is -2.11. The molecule has 0 bridgehead atoms. The molecule has 1 aromatic rings. The van der Waals surface area contributed by atoms with Gasteiger partial charge in [0.2, 0.25) is 0 Å². The van der Waals surface area contributed by atoms with Crippen LogP contribution < -0.4 is 0 Å². The number of hydrogen-bond acceptors (Lipinski definition) is 2. The lowest BCUT2D eigenvalue weighted by Gasteiger charge is -2.10. The van der Waals surface area contributed by atoms with Gasteiger partial charge in [-0.3, -0.25) is 9.59 Å². The number of ketones is 1. The molecule has 19 heavy (non-hydrogen) atoms. The highest BCUT2D eigenvalue weighted by molar-refractivity contribution is 9.10. The maximum Gasteiger partial charge on any atom is 0.417 e. The number of rotatable bonds is 3. The van der Waals surface area contributed by atoms with Gasteiger partial charge in [-0.15, -0.1) is 0 Å². The molecule has 0 spiro atoms. The van der Waals surface area contributed by atoms with Gasteiger partial charge in [0.15, 0.2) is 5.78 Å². The van der Waals surface area contributed by atoms with Crippen LogP contribution in [0.1, 0.15) is 22.3 Å². The summed E-state index contributed by atoms with van der Waals surface area (Å²) in [7, 11) is 0. The van der Waals surface area contributed by atoms with E-state index >= 15 is 0 Å². The fourth-order valence-corrected chi connectivity index (χ4v) is 2.34. The number of carbonyl (C=O) groups is 2. The summed E-state index contributed by atoms with van der Waals surface area (Å²) in [6.07, 6.45) is -4.38. The fourth-order valence-electron chi connectivity index (χ4n) is 1.87. The first-order valence-electron chi connectivity index (χ1n) is 5.35. The predicted octanol–water partition coefficient (Wildman–Crippen LogP) is 3.37. The number of aliphatic carboxylic acids is 1. The molecule has 0 radical (unpaired) electrons. The number of carboxylic acid groups (broad SMARTS) is 1. The van der Waals surface area contributed by atoms with Gasteiger partial charge in [-0.1, -0.05) is 22.0 Å². The van der Waals surface area contributed by atoms with Gasteiger partial charge in [0.1, 0.15) is 0 Å². The van der Waals surface area contributed by atoms with Crippen molar-refractivity contribution in [2.45, 2.75) is 12.6 Å². The Morgan fingerprint density at radius 3 is 2.37 bits per heavy atom. The molecule has 1 aliphatic carbocycles. The van der Waals surface area contributed by atoms with Gasteiger partial charge in [-0.25, -0.2) is 0 Å². The zero-order chi connectivity index (χ0) is 14.4. The number of carbonyl (C=O) groups excluding carboxylic acids is 1. The summed E-state index contributed by atoms with van der Waals surface area (Å²) in [6, 6.07) is 3.16. The lowest BCUT2D eigenvalue weighted by molar-refractivity contribution is -0.139. The van der Waals surface area contributed by atoms with Crippen LogP contribution in [0.25, 0.3) is 0 Å². The molecule has 2 rings (SSSR count). The number of Topliss-reactive ketones (excluding diaryl/α,β-unsaturated/α-hetero) is 1. The molecule has 1 fully saturated rings. The molecule has 3 nitrogen and oxygen atoms in total. The molecule has 2 atom stereocenters. The van der Waals surface area contributed by atoms with Crippen molar-refractivity contribution in [3.05, 3.63) is 33.8 Å². The first-order valence-corrected chi connectivity index (χ1v) is 6.15. The van der Waals surface area contributed by atoms with E-state index in [0.29, 0.717) is 0 Å². The van der Waals surface area contributed by atoms with E-state index in [0.717, 1.165) is 12.1 Å². The third-order valence-corrected chi connectivity index (χ3v) is 3.69. The van der Waals surface area contributed by atoms with Crippen LogP contribution in [0.15, 0.2) is 22.7 Å². The van der Waals surface area contributed by atoms with Crippen LogP contribution in [0.4, 0.5) is 13.2 Å². The number of carboxylic acids is 1. The summed E-state index contributed by atoms with van der Waals surface area (Å²) >= 11 is 2.78. The summed E-state index contributed by atoms with van der Waals surface area (Å²) in [4.78, 5) is 22.5. The lowest BCUT2D eigenvalue weighted by atomic mass is 10.0. The molecule has 1 aromatic carbocycles. The molecule has 1 N–H and O–H groups in total. The highest BCUT2D eigenvalue weighted by atomic mass is 79.9. The van der Waals surface area contributed by atoms with Crippen LogP contribution in [-0.4, -0.2) is 16.9 Å². The monoisotopic (exact) mass is 336 g/mol. The first-order chi connectivity index (χ1) is 8.71. The first kappa shape index (κ1) is 14.0. The van der Waals surface area contributed by atoms with E-state index in [1.54, 1.807) is 0 Å². The van der Waals surface area contributed by atoms with Gasteiger partial charge in [0.25, 0.3) is 0 Å². The Morgan fingerprint density at radius 1 is 1.26 bits per heavy atom.